The van der Waals surface area contributed by atoms with Crippen LogP contribution in [-0.2, 0) is 31.0 Å². The van der Waals surface area contributed by atoms with Crippen LogP contribution in [0.15, 0.2) is 41.2 Å². The lowest BCUT2D eigenvalue weighted by Gasteiger charge is -2.33. The molecule has 1 saturated heterocycles. The van der Waals surface area contributed by atoms with Gasteiger partial charge >= 0.3 is 6.03 Å². The van der Waals surface area contributed by atoms with Crippen molar-refractivity contribution in [1.82, 2.24) is 35.4 Å². The number of carbonyl (C=O) groups excluding carboxylic acids is 4. The second-order valence-electron chi connectivity index (χ2n) is 17.3. The van der Waals surface area contributed by atoms with Crippen molar-refractivity contribution in [2.24, 2.45) is 17.8 Å². The molecule has 3 fully saturated rings. The first-order valence-corrected chi connectivity index (χ1v) is 20.9. The number of rotatable bonds is 7. The summed E-state index contributed by atoms with van der Waals surface area (Å²) in [6.07, 6.45) is 6.14. The predicted octanol–water partition coefficient (Wildman–Crippen LogP) is 4.10. The Morgan fingerprint density at radius 1 is 1.09 bits per heavy atom. The van der Waals surface area contributed by atoms with Gasteiger partial charge in [-0.05, 0) is 97.1 Å². The number of urea groups is 1. The number of aromatic nitrogens is 2. The Hall–Kier alpha value is -4.47. The standard InChI is InChI=1S/C39H55N7O8S.4H2/c1-8-46-33(48)28-16-12-11-15-27(28)32(43-46)54-26-20-29-31(47)41-39(35(50)44-55(52,53)38(7)17-18-38)21-25(39)14-10-9-13-23(2)19-24(3)30(34(49)45(29)22-26)40-36(51)42-37(4,5)6;;;;/h10-12,14-16,23-26,29-30H,8-9,13,17-22H2,1-7H3,(H,41,47)(H,44,50)(H2,40,42,51);4*1H/b14-10-;;;;/t23-,24+,25+,26+,29-,30-,39+;;;;/m0..../s1. The maximum atomic E-state index is 14.8. The molecule has 4 aliphatic rings. The zero-order chi connectivity index (χ0) is 40.1. The summed E-state index contributed by atoms with van der Waals surface area (Å²) < 4.78 is 35.3. The molecule has 6 rings (SSSR count). The van der Waals surface area contributed by atoms with E-state index >= 15 is 0 Å². The summed E-state index contributed by atoms with van der Waals surface area (Å²) in [5, 5.41) is 14.0. The zero-order valence-electron chi connectivity index (χ0n) is 32.8. The summed E-state index contributed by atoms with van der Waals surface area (Å²) in [5.41, 5.74) is -2.41. The fourth-order valence-electron chi connectivity index (χ4n) is 7.78. The van der Waals surface area contributed by atoms with E-state index < -0.39 is 73.7 Å². The first-order chi connectivity index (χ1) is 25.8. The second kappa shape index (κ2) is 14.9. The van der Waals surface area contributed by atoms with Gasteiger partial charge in [-0.15, -0.1) is 5.10 Å². The lowest BCUT2D eigenvalue weighted by Crippen LogP contribution is -2.60. The highest BCUT2D eigenvalue weighted by Gasteiger charge is 2.63. The quantitative estimate of drug-likeness (QED) is 0.299. The topological polar surface area (TPSA) is 198 Å². The van der Waals surface area contributed by atoms with Crippen LogP contribution in [0.4, 0.5) is 4.79 Å². The van der Waals surface area contributed by atoms with Crippen LogP contribution in [0.3, 0.4) is 0 Å². The molecule has 308 valence electrons. The number of nitrogens with one attached hydrogen (secondary N) is 4. The number of benzene rings is 1. The van der Waals surface area contributed by atoms with Gasteiger partial charge in [0.1, 0.15) is 23.7 Å². The molecule has 16 heteroatoms. The van der Waals surface area contributed by atoms with Crippen molar-refractivity contribution in [2.45, 2.75) is 134 Å². The molecule has 7 atom stereocenters. The molecule has 0 radical (unpaired) electrons. The van der Waals surface area contributed by atoms with Crippen LogP contribution >= 0.6 is 0 Å². The van der Waals surface area contributed by atoms with Crippen LogP contribution in [0.25, 0.3) is 10.8 Å². The van der Waals surface area contributed by atoms with Crippen LogP contribution in [0.2, 0.25) is 0 Å². The highest BCUT2D eigenvalue weighted by Crippen LogP contribution is 2.47. The minimum absolute atomic E-state index is 0. The Labute approximate surface area is 328 Å². The maximum Gasteiger partial charge on any atom is 0.315 e. The lowest BCUT2D eigenvalue weighted by atomic mass is 9.88. The average Bonchev–Trinajstić information content (AvgIpc) is 3.99. The molecule has 3 heterocycles. The van der Waals surface area contributed by atoms with Gasteiger partial charge in [-0.1, -0.05) is 38.1 Å². The van der Waals surface area contributed by atoms with E-state index in [1.165, 1.54) is 9.58 Å². The summed E-state index contributed by atoms with van der Waals surface area (Å²) in [6, 6.07) is 4.22. The molecular weight excluding hydrogens is 727 g/mol. The monoisotopic (exact) mass is 789 g/mol. The van der Waals surface area contributed by atoms with Crippen LogP contribution in [0.5, 0.6) is 5.88 Å². The molecule has 1 aromatic heterocycles. The third-order valence-electron chi connectivity index (χ3n) is 11.4. The number of carbonyl (C=O) groups is 4. The van der Waals surface area contributed by atoms with Gasteiger partial charge in [0.15, 0.2) is 0 Å². The summed E-state index contributed by atoms with van der Waals surface area (Å²) in [7, 11) is -4.01. The summed E-state index contributed by atoms with van der Waals surface area (Å²) >= 11 is 0. The molecule has 5 amide bonds. The summed E-state index contributed by atoms with van der Waals surface area (Å²) in [6.45, 7) is 13.1. The van der Waals surface area contributed by atoms with Crippen LogP contribution < -0.4 is 31.0 Å². The van der Waals surface area contributed by atoms with Crippen molar-refractivity contribution in [2.75, 3.05) is 6.54 Å². The van der Waals surface area contributed by atoms with Gasteiger partial charge in [0, 0.05) is 30.1 Å². The third kappa shape index (κ3) is 8.38. The highest BCUT2D eigenvalue weighted by molar-refractivity contribution is 7.91. The van der Waals surface area contributed by atoms with E-state index in [1.807, 2.05) is 39.8 Å². The van der Waals surface area contributed by atoms with Gasteiger partial charge in [0.05, 0.1) is 22.1 Å². The SMILES string of the molecule is CCn1nc(O[C@@H]2C[C@H]3C(=O)N[C@]4(C(=O)NS(=O)(=O)C5(C)CC5)C[C@H]4/C=C\CC[C@H](C)C[C@@H](C)[C@H](NC(=O)NC(C)(C)C)C(=O)N3C2)c2ccccc2c1=O.[HH].[HH].[HH].[HH]. The number of hydrogen-bond acceptors (Lipinski definition) is 9. The first kappa shape index (κ1) is 40.2. The van der Waals surface area contributed by atoms with Crippen molar-refractivity contribution in [3.05, 3.63) is 46.8 Å². The number of allylic oxidation sites excluding steroid dienone is 1. The molecule has 0 spiro atoms. The van der Waals surface area contributed by atoms with E-state index in [1.54, 1.807) is 38.1 Å². The van der Waals surface area contributed by atoms with Crippen LogP contribution in [0, 0.1) is 17.8 Å². The van der Waals surface area contributed by atoms with Crippen molar-refractivity contribution in [1.29, 1.82) is 0 Å². The van der Waals surface area contributed by atoms with Gasteiger partial charge in [-0.3, -0.25) is 23.9 Å². The number of sulfonamides is 1. The van der Waals surface area contributed by atoms with E-state index in [0.717, 1.165) is 6.42 Å². The zero-order valence-corrected chi connectivity index (χ0v) is 33.6. The number of hydrogen-bond donors (Lipinski definition) is 4. The van der Waals surface area contributed by atoms with E-state index in [4.69, 9.17) is 4.74 Å². The molecule has 55 heavy (non-hydrogen) atoms. The normalized spacial score (nSPS) is 30.1. The summed E-state index contributed by atoms with van der Waals surface area (Å²) in [4.78, 5) is 71.0. The Bertz CT molecular complexity index is 2080. The summed E-state index contributed by atoms with van der Waals surface area (Å²) in [5.74, 6) is -2.42. The molecular formula is C39H63N7O8S. The fourth-order valence-corrected chi connectivity index (χ4v) is 9.09. The predicted molar refractivity (Wildman–Crippen MR) is 215 cm³/mol. The number of nitrogens with zero attached hydrogens (tertiary/aromatic N) is 3. The van der Waals surface area contributed by atoms with Gasteiger partial charge in [-0.25, -0.2) is 17.9 Å². The van der Waals surface area contributed by atoms with Gasteiger partial charge in [0.25, 0.3) is 11.5 Å². The third-order valence-corrected chi connectivity index (χ3v) is 13.6. The molecule has 0 bridgehead atoms. The molecule has 0 unspecified atom stereocenters. The number of fused-ring (bicyclic) bond motifs is 3. The second-order valence-corrected chi connectivity index (χ2v) is 19.5. The van der Waals surface area contributed by atoms with E-state index in [2.05, 4.69) is 32.7 Å². The van der Waals surface area contributed by atoms with Crippen molar-refractivity contribution in [3.8, 4) is 5.88 Å². The molecule has 2 aliphatic heterocycles. The van der Waals surface area contributed by atoms with Crippen molar-refractivity contribution in [3.63, 3.8) is 0 Å². The lowest BCUT2D eigenvalue weighted by molar-refractivity contribution is -0.142. The van der Waals surface area contributed by atoms with E-state index in [9.17, 15) is 32.4 Å². The maximum absolute atomic E-state index is 14.8. The number of amides is 5. The number of aryl methyl sites for hydroxylation is 1. The van der Waals surface area contributed by atoms with E-state index in [0.29, 0.717) is 36.5 Å². The molecule has 15 nitrogen and oxygen atoms in total. The Morgan fingerprint density at radius 3 is 2.44 bits per heavy atom. The first-order valence-electron chi connectivity index (χ1n) is 19.4. The van der Waals surface area contributed by atoms with Gasteiger partial charge in [-0.2, -0.15) is 0 Å². The highest BCUT2D eigenvalue weighted by atomic mass is 32.2. The Kier molecular flexibility index (Phi) is 10.9. The Morgan fingerprint density at radius 2 is 1.78 bits per heavy atom. The minimum Gasteiger partial charge on any atom is -0.471 e. The largest absolute Gasteiger partial charge is 0.471 e. The molecule has 4 N–H and O–H groups in total. The van der Waals surface area contributed by atoms with Crippen molar-refractivity contribution >= 4 is 44.5 Å². The molecule has 1 aromatic carbocycles. The van der Waals surface area contributed by atoms with Gasteiger partial charge in [0.2, 0.25) is 27.7 Å². The van der Waals surface area contributed by atoms with E-state index in [-0.39, 0.29) is 54.9 Å². The van der Waals surface area contributed by atoms with Crippen LogP contribution in [-0.4, -0.2) is 87.4 Å². The van der Waals surface area contributed by atoms with Gasteiger partial charge < -0.3 is 25.6 Å². The number of ether oxygens (including phenoxy) is 1. The Balaban J connectivity index is 0.00000300. The van der Waals surface area contributed by atoms with Crippen molar-refractivity contribution < 1.29 is 38.0 Å². The van der Waals surface area contributed by atoms with Crippen LogP contribution in [0.1, 0.15) is 99.1 Å². The molecule has 2 aliphatic carbocycles. The molecule has 2 aromatic rings. The smallest absolute Gasteiger partial charge is 0.315 e. The molecule has 2 saturated carbocycles. The average molecular weight is 790 g/mol. The minimum atomic E-state index is -4.01. The fraction of sp³-hybridized carbons (Fsp3) is 0.641.